The van der Waals surface area contributed by atoms with Gasteiger partial charge in [-0.15, -0.1) is 0 Å². The van der Waals surface area contributed by atoms with E-state index in [9.17, 15) is 4.79 Å². The molecule has 82 valence electrons. The molecule has 0 spiro atoms. The molecule has 1 aliphatic rings. The fourth-order valence-corrected chi connectivity index (χ4v) is 3.70. The average molecular weight is 287 g/mol. The normalized spacial score (nSPS) is 18.7. The molecule has 0 aliphatic heterocycles. The number of carbonyl (C=O) groups excluding carboxylic acids is 1. The second kappa shape index (κ2) is 5.26. The third-order valence-electron chi connectivity index (χ3n) is 3.11. The molecule has 1 saturated carbocycles. The van der Waals surface area contributed by atoms with E-state index in [0.717, 1.165) is 22.9 Å². The molecule has 1 nitrogen and oxygen atoms in total. The highest BCUT2D eigenvalue weighted by atomic mass is 79.9. The van der Waals surface area contributed by atoms with Gasteiger partial charge in [-0.05, 0) is 28.8 Å². The van der Waals surface area contributed by atoms with Crippen LogP contribution >= 0.6 is 27.3 Å². The number of ketones is 1. The Morgan fingerprint density at radius 3 is 2.40 bits per heavy atom. The number of halogens is 1. The summed E-state index contributed by atoms with van der Waals surface area (Å²) >= 11 is 5.04. The maximum atomic E-state index is 12.2. The van der Waals surface area contributed by atoms with Gasteiger partial charge in [-0.2, -0.15) is 11.3 Å². The quantitative estimate of drug-likeness (QED) is 0.571. The van der Waals surface area contributed by atoms with E-state index in [-0.39, 0.29) is 5.92 Å². The van der Waals surface area contributed by atoms with Gasteiger partial charge in [-0.25, -0.2) is 0 Å². The van der Waals surface area contributed by atoms with E-state index < -0.39 is 0 Å². The van der Waals surface area contributed by atoms with Crippen LogP contribution in [0.4, 0.5) is 0 Å². The molecule has 1 aromatic rings. The second-order valence-corrected chi connectivity index (χ2v) is 5.78. The topological polar surface area (TPSA) is 17.1 Å². The molecule has 1 aliphatic carbocycles. The monoisotopic (exact) mass is 286 g/mol. The maximum Gasteiger partial charge on any atom is 0.167 e. The molecule has 1 fully saturated rings. The Balaban J connectivity index is 2.09. The van der Waals surface area contributed by atoms with Gasteiger partial charge in [0.05, 0.1) is 0 Å². The molecule has 0 radical (unpaired) electrons. The van der Waals surface area contributed by atoms with E-state index in [0.29, 0.717) is 5.78 Å². The van der Waals surface area contributed by atoms with Crippen LogP contribution in [0.2, 0.25) is 0 Å². The maximum absolute atomic E-state index is 12.2. The number of Topliss-reactive ketones (excluding diaryl/α,β-unsaturated/α-hetero) is 1. The summed E-state index contributed by atoms with van der Waals surface area (Å²) in [6.07, 6.45) is 7.21. The largest absolute Gasteiger partial charge is 0.294 e. The zero-order valence-corrected chi connectivity index (χ0v) is 11.1. The molecule has 0 unspecified atom stereocenters. The van der Waals surface area contributed by atoms with E-state index in [1.54, 1.807) is 11.3 Å². The smallest absolute Gasteiger partial charge is 0.167 e. The summed E-state index contributed by atoms with van der Waals surface area (Å²) in [4.78, 5) is 12.2. The first-order valence-corrected chi connectivity index (χ1v) is 7.28. The van der Waals surface area contributed by atoms with Crippen LogP contribution in [0.25, 0.3) is 0 Å². The van der Waals surface area contributed by atoms with Crippen molar-refractivity contribution in [1.82, 2.24) is 0 Å². The van der Waals surface area contributed by atoms with Gasteiger partial charge in [0.25, 0.3) is 0 Å². The Labute approximate surface area is 103 Å². The molecule has 0 atom stereocenters. The van der Waals surface area contributed by atoms with Crippen LogP contribution in [-0.2, 0) is 0 Å². The minimum Gasteiger partial charge on any atom is -0.294 e. The van der Waals surface area contributed by atoms with Gasteiger partial charge in [0.1, 0.15) is 0 Å². The van der Waals surface area contributed by atoms with E-state index in [4.69, 9.17) is 0 Å². The standard InChI is InChI=1S/C12H15BrOS/c13-11-8-15-7-10(11)12(14)9-5-3-1-2-4-6-9/h7-9H,1-6H2. The van der Waals surface area contributed by atoms with Gasteiger partial charge in [-0.3, -0.25) is 4.79 Å². The number of carbonyl (C=O) groups is 1. The molecule has 1 aromatic heterocycles. The van der Waals surface area contributed by atoms with Crippen LogP contribution in [0.15, 0.2) is 15.2 Å². The summed E-state index contributed by atoms with van der Waals surface area (Å²) in [5, 5.41) is 3.96. The highest BCUT2D eigenvalue weighted by Crippen LogP contribution is 2.30. The summed E-state index contributed by atoms with van der Waals surface area (Å²) < 4.78 is 0.974. The van der Waals surface area contributed by atoms with Gasteiger partial charge in [0.15, 0.2) is 5.78 Å². The fourth-order valence-electron chi connectivity index (χ4n) is 2.22. The van der Waals surface area contributed by atoms with Crippen molar-refractivity contribution < 1.29 is 4.79 Å². The minimum absolute atomic E-state index is 0.276. The van der Waals surface area contributed by atoms with E-state index >= 15 is 0 Å². The zero-order chi connectivity index (χ0) is 10.7. The Kier molecular flexibility index (Phi) is 3.98. The number of hydrogen-bond donors (Lipinski definition) is 0. The van der Waals surface area contributed by atoms with Crippen molar-refractivity contribution in [3.8, 4) is 0 Å². The highest BCUT2D eigenvalue weighted by Gasteiger charge is 2.23. The van der Waals surface area contributed by atoms with Crippen LogP contribution in [0.3, 0.4) is 0 Å². The summed E-state index contributed by atoms with van der Waals surface area (Å²) in [6.45, 7) is 0. The number of hydrogen-bond acceptors (Lipinski definition) is 2. The van der Waals surface area contributed by atoms with Gasteiger partial charge in [0.2, 0.25) is 0 Å². The molecule has 0 saturated heterocycles. The predicted octanol–water partition coefficient (Wildman–Crippen LogP) is 4.66. The lowest BCUT2D eigenvalue weighted by atomic mass is 9.92. The van der Waals surface area contributed by atoms with Crippen molar-refractivity contribution in [2.24, 2.45) is 5.92 Å². The van der Waals surface area contributed by atoms with E-state index in [1.165, 1.54) is 25.7 Å². The summed E-state index contributed by atoms with van der Waals surface area (Å²) in [5.74, 6) is 0.628. The van der Waals surface area contributed by atoms with Crippen LogP contribution in [-0.4, -0.2) is 5.78 Å². The SMILES string of the molecule is O=C(c1cscc1Br)C1CCCCCC1. The molecular formula is C12H15BrOS. The Bertz CT molecular complexity index is 337. The predicted molar refractivity (Wildman–Crippen MR) is 67.5 cm³/mol. The molecule has 1 heterocycles. The molecule has 0 amide bonds. The zero-order valence-electron chi connectivity index (χ0n) is 8.67. The molecule has 0 aromatic carbocycles. The molecule has 0 N–H and O–H groups in total. The Hall–Kier alpha value is -0.150. The molecule has 2 rings (SSSR count). The van der Waals surface area contributed by atoms with Gasteiger partial charge in [-0.1, -0.05) is 25.7 Å². The first-order chi connectivity index (χ1) is 7.29. The van der Waals surface area contributed by atoms with Gasteiger partial charge in [0, 0.05) is 26.7 Å². The van der Waals surface area contributed by atoms with Crippen molar-refractivity contribution in [3.05, 3.63) is 20.8 Å². The third kappa shape index (κ3) is 2.70. The number of thiophene rings is 1. The van der Waals surface area contributed by atoms with E-state index in [2.05, 4.69) is 15.9 Å². The van der Waals surface area contributed by atoms with Crippen molar-refractivity contribution in [3.63, 3.8) is 0 Å². The Morgan fingerprint density at radius 1 is 1.20 bits per heavy atom. The summed E-state index contributed by atoms with van der Waals surface area (Å²) in [6, 6.07) is 0. The average Bonchev–Trinajstić information content (AvgIpc) is 2.53. The van der Waals surface area contributed by atoms with Crippen molar-refractivity contribution in [1.29, 1.82) is 0 Å². The molecule has 15 heavy (non-hydrogen) atoms. The van der Waals surface area contributed by atoms with E-state index in [1.807, 2.05) is 10.8 Å². The van der Waals surface area contributed by atoms with Gasteiger partial charge < -0.3 is 0 Å². The van der Waals surface area contributed by atoms with Crippen LogP contribution in [0.1, 0.15) is 48.9 Å². The third-order valence-corrected chi connectivity index (χ3v) is 4.81. The van der Waals surface area contributed by atoms with Crippen LogP contribution in [0.5, 0.6) is 0 Å². The first-order valence-electron chi connectivity index (χ1n) is 5.55. The first kappa shape index (κ1) is 11.3. The lowest BCUT2D eigenvalue weighted by Crippen LogP contribution is -2.13. The lowest BCUT2D eigenvalue weighted by Gasteiger charge is -2.11. The van der Waals surface area contributed by atoms with Crippen molar-refractivity contribution >= 4 is 33.0 Å². The summed E-state index contributed by atoms with van der Waals surface area (Å²) in [7, 11) is 0. The molecule has 3 heteroatoms. The van der Waals surface area contributed by atoms with Crippen LogP contribution in [0, 0.1) is 5.92 Å². The van der Waals surface area contributed by atoms with Gasteiger partial charge >= 0.3 is 0 Å². The second-order valence-electron chi connectivity index (χ2n) is 4.19. The van der Waals surface area contributed by atoms with Crippen molar-refractivity contribution in [2.45, 2.75) is 38.5 Å². The molecular weight excluding hydrogens is 272 g/mol. The fraction of sp³-hybridized carbons (Fsp3) is 0.583. The minimum atomic E-state index is 0.276. The van der Waals surface area contributed by atoms with Crippen molar-refractivity contribution in [2.75, 3.05) is 0 Å². The highest BCUT2D eigenvalue weighted by molar-refractivity contribution is 9.10. The molecule has 0 bridgehead atoms. The van der Waals surface area contributed by atoms with Crippen LogP contribution < -0.4 is 0 Å². The summed E-state index contributed by atoms with van der Waals surface area (Å²) in [5.41, 5.74) is 0.895. The Morgan fingerprint density at radius 2 is 1.87 bits per heavy atom. The lowest BCUT2D eigenvalue weighted by molar-refractivity contribution is 0.0907. The number of rotatable bonds is 2.